The lowest BCUT2D eigenvalue weighted by molar-refractivity contribution is 0.107. The summed E-state index contributed by atoms with van der Waals surface area (Å²) < 4.78 is 29.5. The maximum absolute atomic E-state index is 14.0. The number of sulfonamides is 1. The number of anilines is 1. The standard InChI is InChI=1S/C29H31Cl3N2O2S/c30-22-10-13-25(14-11-22)37(35,36)34(24-12-15-27(31)28(32)20-24)23-16-18-33(19-17-23)29-9-5-4-8-26(29)21-6-2-1-3-7-21/h1-3,6-7,10-15,20,23,26,29H,4-5,8-9,16-19H2. The van der Waals surface area contributed by atoms with Gasteiger partial charge in [0.05, 0.1) is 20.6 Å². The van der Waals surface area contributed by atoms with E-state index in [4.69, 9.17) is 34.8 Å². The van der Waals surface area contributed by atoms with Gasteiger partial charge in [-0.05, 0) is 79.6 Å². The van der Waals surface area contributed by atoms with Gasteiger partial charge in [0.1, 0.15) is 0 Å². The van der Waals surface area contributed by atoms with E-state index < -0.39 is 10.0 Å². The molecule has 0 aromatic heterocycles. The van der Waals surface area contributed by atoms with Gasteiger partial charge in [-0.25, -0.2) is 8.42 Å². The van der Waals surface area contributed by atoms with Crippen molar-refractivity contribution < 1.29 is 8.42 Å². The fourth-order valence-corrected chi connectivity index (χ4v) is 8.10. The lowest BCUT2D eigenvalue weighted by Crippen LogP contribution is -2.51. The molecule has 0 amide bonds. The van der Waals surface area contributed by atoms with Crippen LogP contribution >= 0.6 is 34.8 Å². The maximum Gasteiger partial charge on any atom is 0.264 e. The highest BCUT2D eigenvalue weighted by Crippen LogP contribution is 2.39. The summed E-state index contributed by atoms with van der Waals surface area (Å²) in [5.41, 5.74) is 1.94. The Kier molecular flexibility index (Phi) is 8.37. The van der Waals surface area contributed by atoms with Crippen LogP contribution in [-0.4, -0.2) is 38.5 Å². The SMILES string of the molecule is O=S(=O)(c1ccc(Cl)cc1)N(c1ccc(Cl)c(Cl)c1)C1CCN(C2CCCCC2c2ccccc2)CC1. The molecule has 3 aromatic rings. The molecule has 2 unspecified atom stereocenters. The quantitative estimate of drug-likeness (QED) is 0.298. The van der Waals surface area contributed by atoms with Crippen molar-refractivity contribution in [3.63, 3.8) is 0 Å². The molecule has 2 fully saturated rings. The number of hydrogen-bond acceptors (Lipinski definition) is 3. The molecular weight excluding hydrogens is 547 g/mol. The van der Waals surface area contributed by atoms with Crippen LogP contribution in [0.25, 0.3) is 0 Å². The van der Waals surface area contributed by atoms with Crippen molar-refractivity contribution in [2.24, 2.45) is 0 Å². The molecule has 0 radical (unpaired) electrons. The van der Waals surface area contributed by atoms with Crippen molar-refractivity contribution in [1.82, 2.24) is 4.90 Å². The van der Waals surface area contributed by atoms with Crippen LogP contribution in [0.5, 0.6) is 0 Å². The molecular formula is C29H31Cl3N2O2S. The first-order valence-corrected chi connectivity index (χ1v) is 15.5. The second-order valence-corrected chi connectivity index (χ2v) is 13.1. The van der Waals surface area contributed by atoms with E-state index in [1.807, 2.05) is 0 Å². The summed E-state index contributed by atoms with van der Waals surface area (Å²) in [7, 11) is -3.84. The highest BCUT2D eigenvalue weighted by atomic mass is 35.5. The molecule has 0 bridgehead atoms. The number of hydrogen-bond donors (Lipinski definition) is 0. The lowest BCUT2D eigenvalue weighted by Gasteiger charge is -2.45. The summed E-state index contributed by atoms with van der Waals surface area (Å²) in [6.07, 6.45) is 6.38. The predicted octanol–water partition coefficient (Wildman–Crippen LogP) is 8.03. The Morgan fingerprint density at radius 2 is 1.43 bits per heavy atom. The van der Waals surface area contributed by atoms with Crippen LogP contribution in [-0.2, 0) is 10.0 Å². The zero-order valence-electron chi connectivity index (χ0n) is 20.6. The van der Waals surface area contributed by atoms with E-state index in [1.165, 1.54) is 31.2 Å². The first-order chi connectivity index (χ1) is 17.8. The first-order valence-electron chi connectivity index (χ1n) is 12.9. The third-order valence-electron chi connectivity index (χ3n) is 7.79. The Morgan fingerprint density at radius 3 is 2.11 bits per heavy atom. The van der Waals surface area contributed by atoms with Crippen molar-refractivity contribution in [2.75, 3.05) is 17.4 Å². The molecule has 8 heteroatoms. The van der Waals surface area contributed by atoms with E-state index in [0.717, 1.165) is 25.9 Å². The first kappa shape index (κ1) is 26.8. The van der Waals surface area contributed by atoms with Crippen molar-refractivity contribution in [2.45, 2.75) is 61.4 Å². The van der Waals surface area contributed by atoms with E-state index >= 15 is 0 Å². The summed E-state index contributed by atoms with van der Waals surface area (Å²) in [6, 6.07) is 22.5. The molecule has 0 spiro atoms. The van der Waals surface area contributed by atoms with E-state index in [1.54, 1.807) is 46.8 Å². The van der Waals surface area contributed by atoms with Crippen LogP contribution in [0.1, 0.15) is 50.0 Å². The molecule has 37 heavy (non-hydrogen) atoms. The molecule has 4 nitrogen and oxygen atoms in total. The smallest absolute Gasteiger partial charge is 0.264 e. The topological polar surface area (TPSA) is 40.6 Å². The number of benzene rings is 3. The van der Waals surface area contributed by atoms with Gasteiger partial charge in [0, 0.05) is 30.2 Å². The van der Waals surface area contributed by atoms with E-state index in [-0.39, 0.29) is 10.9 Å². The zero-order valence-corrected chi connectivity index (χ0v) is 23.7. The Bertz CT molecular complexity index is 1310. The molecule has 5 rings (SSSR count). The minimum Gasteiger partial charge on any atom is -0.300 e. The van der Waals surface area contributed by atoms with Gasteiger partial charge in [-0.2, -0.15) is 0 Å². The van der Waals surface area contributed by atoms with E-state index in [0.29, 0.717) is 32.7 Å². The van der Waals surface area contributed by atoms with Gasteiger partial charge in [-0.15, -0.1) is 0 Å². The highest BCUT2D eigenvalue weighted by Gasteiger charge is 2.38. The predicted molar refractivity (Wildman–Crippen MR) is 154 cm³/mol. The Balaban J connectivity index is 1.41. The number of halogens is 3. The molecule has 196 valence electrons. The summed E-state index contributed by atoms with van der Waals surface area (Å²) in [5, 5.41) is 1.22. The van der Waals surface area contributed by atoms with Crippen LogP contribution < -0.4 is 4.31 Å². The van der Waals surface area contributed by atoms with Crippen molar-refractivity contribution in [3.8, 4) is 0 Å². The van der Waals surface area contributed by atoms with Gasteiger partial charge in [0.15, 0.2) is 0 Å². The second kappa shape index (κ2) is 11.5. The molecule has 2 atom stereocenters. The highest BCUT2D eigenvalue weighted by molar-refractivity contribution is 7.92. The summed E-state index contributed by atoms with van der Waals surface area (Å²) in [5.74, 6) is 0.524. The van der Waals surface area contributed by atoms with Gasteiger partial charge in [0.2, 0.25) is 0 Å². The maximum atomic E-state index is 14.0. The monoisotopic (exact) mass is 576 g/mol. The average molecular weight is 578 g/mol. The number of piperidine rings is 1. The van der Waals surface area contributed by atoms with Gasteiger partial charge in [0.25, 0.3) is 10.0 Å². The number of nitrogens with zero attached hydrogens (tertiary/aromatic N) is 2. The third kappa shape index (κ3) is 5.81. The fourth-order valence-electron chi connectivity index (χ4n) is 5.98. The van der Waals surface area contributed by atoms with Gasteiger partial charge >= 0.3 is 0 Å². The summed E-state index contributed by atoms with van der Waals surface area (Å²) >= 11 is 18.5. The second-order valence-electron chi connectivity index (χ2n) is 9.99. The van der Waals surface area contributed by atoms with Crippen LogP contribution in [0, 0.1) is 0 Å². The molecule has 1 saturated heterocycles. The zero-order chi connectivity index (χ0) is 26.0. The largest absolute Gasteiger partial charge is 0.300 e. The molecule has 1 saturated carbocycles. The van der Waals surface area contributed by atoms with Gasteiger partial charge < -0.3 is 0 Å². The van der Waals surface area contributed by atoms with Crippen molar-refractivity contribution in [1.29, 1.82) is 0 Å². The van der Waals surface area contributed by atoms with Crippen molar-refractivity contribution >= 4 is 50.5 Å². The normalized spacial score (nSPS) is 21.6. The molecule has 3 aromatic carbocycles. The summed E-state index contributed by atoms with van der Waals surface area (Å²) in [4.78, 5) is 2.80. The van der Waals surface area contributed by atoms with E-state index in [2.05, 4.69) is 35.2 Å². The van der Waals surface area contributed by atoms with Crippen LogP contribution in [0.2, 0.25) is 15.1 Å². The molecule has 1 aliphatic carbocycles. The Labute approximate surface area is 235 Å². The molecule has 1 heterocycles. The average Bonchev–Trinajstić information content (AvgIpc) is 2.92. The minimum absolute atomic E-state index is 0.187. The van der Waals surface area contributed by atoms with Crippen LogP contribution in [0.3, 0.4) is 0 Å². The number of likely N-dealkylation sites (tertiary alicyclic amines) is 1. The molecule has 2 aliphatic rings. The van der Waals surface area contributed by atoms with E-state index in [9.17, 15) is 8.42 Å². The van der Waals surface area contributed by atoms with Crippen LogP contribution in [0.15, 0.2) is 77.7 Å². The lowest BCUT2D eigenvalue weighted by atomic mass is 9.78. The Hall–Kier alpha value is -1.76. The molecule has 0 N–H and O–H groups in total. The Morgan fingerprint density at radius 1 is 0.757 bits per heavy atom. The van der Waals surface area contributed by atoms with Gasteiger partial charge in [-0.3, -0.25) is 9.21 Å². The van der Waals surface area contributed by atoms with Gasteiger partial charge in [-0.1, -0.05) is 78.0 Å². The molecule has 1 aliphatic heterocycles. The summed E-state index contributed by atoms with van der Waals surface area (Å²) in [6.45, 7) is 1.71. The minimum atomic E-state index is -3.84. The fraction of sp³-hybridized carbons (Fsp3) is 0.379. The number of rotatable bonds is 6. The van der Waals surface area contributed by atoms with Crippen molar-refractivity contribution in [3.05, 3.63) is 93.4 Å². The third-order valence-corrected chi connectivity index (χ3v) is 10.7. The van der Waals surface area contributed by atoms with Crippen LogP contribution in [0.4, 0.5) is 5.69 Å².